The molecule has 0 fully saturated rings. The number of ether oxygens (including phenoxy) is 1. The molecule has 4 N–H and O–H groups in total. The van der Waals surface area contributed by atoms with Crippen LogP contribution in [0.2, 0.25) is 0 Å². The van der Waals surface area contributed by atoms with Crippen molar-refractivity contribution in [3.05, 3.63) is 59.7 Å². The van der Waals surface area contributed by atoms with E-state index in [1.54, 1.807) is 25.2 Å². The second-order valence-electron chi connectivity index (χ2n) is 7.10. The van der Waals surface area contributed by atoms with Crippen molar-refractivity contribution < 1.29 is 14.6 Å². The molecule has 144 valence electrons. The van der Waals surface area contributed by atoms with E-state index in [9.17, 15) is 9.90 Å². The Hall–Kier alpha value is -2.86. The normalized spacial score (nSPS) is 11.9. The van der Waals surface area contributed by atoms with Gasteiger partial charge in [-0.3, -0.25) is 9.79 Å². The second-order valence-corrected chi connectivity index (χ2v) is 7.10. The fraction of sp³-hybridized carbons (Fsp3) is 0.333. The number of aliphatic hydroxyl groups is 1. The zero-order valence-electron chi connectivity index (χ0n) is 16.0. The van der Waals surface area contributed by atoms with Gasteiger partial charge in [0.25, 0.3) is 5.91 Å². The minimum Gasteiger partial charge on any atom is -0.489 e. The van der Waals surface area contributed by atoms with Crippen LogP contribution in [0.5, 0.6) is 5.75 Å². The Labute approximate surface area is 160 Å². The fourth-order valence-corrected chi connectivity index (χ4v) is 2.37. The summed E-state index contributed by atoms with van der Waals surface area (Å²) in [6, 6.07) is 15.0. The Morgan fingerprint density at radius 2 is 1.93 bits per heavy atom. The molecule has 0 aromatic heterocycles. The highest BCUT2D eigenvalue weighted by Crippen LogP contribution is 2.22. The molecule has 0 aliphatic carbocycles. The van der Waals surface area contributed by atoms with Crippen molar-refractivity contribution in [1.82, 2.24) is 5.32 Å². The number of aliphatic imine (C=N–C) groups is 1. The number of carbonyl (C=O) groups is 1. The summed E-state index contributed by atoms with van der Waals surface area (Å²) in [5.74, 6) is 0.263. The van der Waals surface area contributed by atoms with Crippen LogP contribution in [-0.2, 0) is 11.4 Å². The van der Waals surface area contributed by atoms with Gasteiger partial charge in [0.15, 0.2) is 0 Å². The Morgan fingerprint density at radius 3 is 2.56 bits per heavy atom. The molecule has 2 rings (SSSR count). The average Bonchev–Trinajstić information content (AvgIpc) is 2.68. The van der Waals surface area contributed by atoms with Crippen LogP contribution in [0.3, 0.4) is 0 Å². The van der Waals surface area contributed by atoms with E-state index in [-0.39, 0.29) is 18.2 Å². The van der Waals surface area contributed by atoms with E-state index in [2.05, 4.69) is 10.3 Å². The van der Waals surface area contributed by atoms with Gasteiger partial charge in [-0.1, -0.05) is 44.2 Å². The van der Waals surface area contributed by atoms with Gasteiger partial charge in [0.2, 0.25) is 0 Å². The molecule has 6 heteroatoms. The van der Waals surface area contributed by atoms with Crippen LogP contribution in [0.1, 0.15) is 25.0 Å². The zero-order valence-corrected chi connectivity index (χ0v) is 16.0. The van der Waals surface area contributed by atoms with Crippen molar-refractivity contribution in [2.75, 3.05) is 25.9 Å². The van der Waals surface area contributed by atoms with Crippen molar-refractivity contribution in [3.63, 3.8) is 0 Å². The third kappa shape index (κ3) is 5.82. The van der Waals surface area contributed by atoms with Gasteiger partial charge in [-0.15, -0.1) is 0 Å². The van der Waals surface area contributed by atoms with Gasteiger partial charge in [-0.05, 0) is 23.8 Å². The van der Waals surface area contributed by atoms with Crippen molar-refractivity contribution in [2.45, 2.75) is 20.5 Å². The van der Waals surface area contributed by atoms with Crippen LogP contribution in [0.4, 0.5) is 5.69 Å². The van der Waals surface area contributed by atoms with Gasteiger partial charge in [0, 0.05) is 36.9 Å². The summed E-state index contributed by atoms with van der Waals surface area (Å²) in [5, 5.41) is 12.1. The molecule has 0 unspecified atom stereocenters. The molecule has 1 amide bonds. The average molecular weight is 369 g/mol. The van der Waals surface area contributed by atoms with E-state index in [1.807, 2.05) is 44.2 Å². The number of anilines is 1. The number of nitrogens with two attached hydrogens (primary N) is 1. The van der Waals surface area contributed by atoms with Crippen molar-refractivity contribution >= 4 is 17.3 Å². The number of nitrogens with zero attached hydrogens (tertiary/aromatic N) is 1. The van der Waals surface area contributed by atoms with E-state index in [4.69, 9.17) is 10.5 Å². The van der Waals surface area contributed by atoms with Gasteiger partial charge in [0.05, 0.1) is 0 Å². The number of amides is 1. The highest BCUT2D eigenvalue weighted by atomic mass is 16.5. The molecule has 0 aliphatic heterocycles. The lowest BCUT2D eigenvalue weighted by atomic mass is 9.95. The van der Waals surface area contributed by atoms with E-state index in [0.29, 0.717) is 30.2 Å². The minimum absolute atomic E-state index is 0.0309. The van der Waals surface area contributed by atoms with E-state index >= 15 is 0 Å². The highest BCUT2D eigenvalue weighted by Gasteiger charge is 2.21. The molecule has 0 saturated carbocycles. The van der Waals surface area contributed by atoms with Crippen LogP contribution in [0, 0.1) is 5.41 Å². The lowest BCUT2D eigenvalue weighted by molar-refractivity contribution is -0.115. The highest BCUT2D eigenvalue weighted by molar-refractivity contribution is 6.46. The van der Waals surface area contributed by atoms with E-state index in [0.717, 1.165) is 5.56 Å². The lowest BCUT2D eigenvalue weighted by Crippen LogP contribution is -2.40. The predicted molar refractivity (Wildman–Crippen MR) is 108 cm³/mol. The summed E-state index contributed by atoms with van der Waals surface area (Å²) in [4.78, 5) is 16.7. The van der Waals surface area contributed by atoms with E-state index in [1.165, 1.54) is 0 Å². The monoisotopic (exact) mass is 369 g/mol. The predicted octanol–water partition coefficient (Wildman–Crippen LogP) is 2.40. The number of benzene rings is 2. The largest absolute Gasteiger partial charge is 0.489 e. The molecular formula is C21H27N3O3. The number of nitrogen functional groups attached to an aromatic ring is 1. The third-order valence-electron chi connectivity index (χ3n) is 4.12. The van der Waals surface area contributed by atoms with Crippen LogP contribution in [-0.4, -0.2) is 36.9 Å². The molecule has 0 bridgehead atoms. The summed E-state index contributed by atoms with van der Waals surface area (Å²) in [5.41, 5.74) is 7.88. The first-order valence-corrected chi connectivity index (χ1v) is 8.79. The Kier molecular flexibility index (Phi) is 6.96. The molecule has 0 radical (unpaired) electrons. The standard InChI is InChI=1S/C21H27N3O3/c1-21(2,14-25)13-24-20(26)19(23-3)17-11-16(9-10-18(17)22)27-12-15-7-5-4-6-8-15/h4-11,25H,12-14,22H2,1-3H3,(H,24,26). The first-order chi connectivity index (χ1) is 12.9. The molecule has 2 aromatic rings. The maximum atomic E-state index is 12.6. The number of hydrogen-bond donors (Lipinski definition) is 3. The topological polar surface area (TPSA) is 96.9 Å². The zero-order chi connectivity index (χ0) is 19.9. The molecular weight excluding hydrogens is 342 g/mol. The number of aliphatic hydroxyl groups excluding tert-OH is 1. The maximum Gasteiger partial charge on any atom is 0.270 e. The summed E-state index contributed by atoms with van der Waals surface area (Å²) >= 11 is 0. The van der Waals surface area contributed by atoms with Gasteiger partial charge in [-0.2, -0.15) is 0 Å². The molecule has 0 atom stereocenters. The molecule has 0 heterocycles. The smallest absolute Gasteiger partial charge is 0.270 e. The first kappa shape index (κ1) is 20.5. The van der Waals surface area contributed by atoms with Gasteiger partial charge in [-0.25, -0.2) is 0 Å². The van der Waals surface area contributed by atoms with Crippen molar-refractivity contribution in [1.29, 1.82) is 0 Å². The quantitative estimate of drug-likeness (QED) is 0.492. The summed E-state index contributed by atoms with van der Waals surface area (Å²) in [7, 11) is 1.54. The van der Waals surface area contributed by atoms with Gasteiger partial charge in [0.1, 0.15) is 18.1 Å². The maximum absolute atomic E-state index is 12.6. The van der Waals surface area contributed by atoms with Gasteiger partial charge >= 0.3 is 0 Å². The van der Waals surface area contributed by atoms with Crippen LogP contribution >= 0.6 is 0 Å². The Bertz CT molecular complexity index is 802. The second kappa shape index (κ2) is 9.19. The number of carbonyl (C=O) groups excluding carboxylic acids is 1. The lowest BCUT2D eigenvalue weighted by Gasteiger charge is -2.22. The SMILES string of the molecule is CN=C(C(=O)NCC(C)(C)CO)c1cc(OCc2ccccc2)ccc1N. The van der Waals surface area contributed by atoms with Crippen LogP contribution in [0.15, 0.2) is 53.5 Å². The minimum atomic E-state index is -0.416. The molecule has 0 aliphatic rings. The number of rotatable bonds is 8. The molecule has 0 saturated heterocycles. The molecule has 6 nitrogen and oxygen atoms in total. The number of nitrogens with one attached hydrogen (secondary N) is 1. The van der Waals surface area contributed by atoms with Crippen molar-refractivity contribution in [2.24, 2.45) is 10.4 Å². The third-order valence-corrected chi connectivity index (χ3v) is 4.12. The molecule has 2 aromatic carbocycles. The fourth-order valence-electron chi connectivity index (χ4n) is 2.37. The molecule has 0 spiro atoms. The van der Waals surface area contributed by atoms with Crippen LogP contribution in [0.25, 0.3) is 0 Å². The Balaban J connectivity index is 2.13. The summed E-state index contributed by atoms with van der Waals surface area (Å²) in [6.45, 7) is 4.44. The van der Waals surface area contributed by atoms with E-state index < -0.39 is 5.41 Å². The summed E-state index contributed by atoms with van der Waals surface area (Å²) in [6.07, 6.45) is 0. The Morgan fingerprint density at radius 1 is 1.22 bits per heavy atom. The van der Waals surface area contributed by atoms with Crippen molar-refractivity contribution in [3.8, 4) is 5.75 Å². The molecule has 27 heavy (non-hydrogen) atoms. The van der Waals surface area contributed by atoms with Gasteiger partial charge < -0.3 is 20.9 Å². The van der Waals surface area contributed by atoms with Crippen LogP contribution < -0.4 is 15.8 Å². The number of hydrogen-bond acceptors (Lipinski definition) is 5. The summed E-state index contributed by atoms with van der Waals surface area (Å²) < 4.78 is 5.82. The first-order valence-electron chi connectivity index (χ1n) is 8.79.